The Morgan fingerprint density at radius 2 is 0.789 bits per heavy atom. The predicted molar refractivity (Wildman–Crippen MR) is 153 cm³/mol. The molecule has 0 spiro atoms. The van der Waals surface area contributed by atoms with Crippen LogP contribution in [0.2, 0.25) is 0 Å². The number of unbranched alkanes of at least 4 members (excludes halogenated alkanes) is 1. The first kappa shape index (κ1) is 26.2. The molecule has 2 N–H and O–H groups in total. The van der Waals surface area contributed by atoms with Crippen LogP contribution in [0.5, 0.6) is 0 Å². The number of amidine groups is 2. The molecule has 2 amide bonds. The van der Waals surface area contributed by atoms with Gasteiger partial charge in [0, 0.05) is 24.0 Å². The molecule has 0 saturated heterocycles. The predicted octanol–water partition coefficient (Wildman–Crippen LogP) is 6.34. The SMILES string of the molecule is O=C(CCCCC(=O)NC(=Nc1ccccc1)c1ccccc1)NC(=Nc1ccccc1)c1ccccc1. The Balaban J connectivity index is 1.31. The lowest BCUT2D eigenvalue weighted by Crippen LogP contribution is -2.32. The number of benzene rings is 4. The molecule has 4 aromatic carbocycles. The number of nitrogens with one attached hydrogen (secondary N) is 2. The first-order valence-electron chi connectivity index (χ1n) is 12.7. The van der Waals surface area contributed by atoms with Crippen molar-refractivity contribution in [2.75, 3.05) is 0 Å². The Morgan fingerprint density at radius 1 is 0.474 bits per heavy atom. The van der Waals surface area contributed by atoms with E-state index in [-0.39, 0.29) is 24.7 Å². The van der Waals surface area contributed by atoms with E-state index in [0.717, 1.165) is 22.5 Å². The fourth-order valence-electron chi connectivity index (χ4n) is 3.74. The van der Waals surface area contributed by atoms with Crippen molar-refractivity contribution in [3.05, 3.63) is 132 Å². The van der Waals surface area contributed by atoms with Crippen molar-refractivity contribution in [2.45, 2.75) is 25.7 Å². The van der Waals surface area contributed by atoms with Crippen molar-refractivity contribution in [1.29, 1.82) is 0 Å². The second-order valence-electron chi connectivity index (χ2n) is 8.63. The number of hydrogen-bond donors (Lipinski definition) is 2. The van der Waals surface area contributed by atoms with Crippen LogP contribution in [0.3, 0.4) is 0 Å². The van der Waals surface area contributed by atoms with Crippen LogP contribution < -0.4 is 10.6 Å². The third kappa shape index (κ3) is 8.38. The van der Waals surface area contributed by atoms with Gasteiger partial charge in [-0.1, -0.05) is 97.1 Å². The van der Waals surface area contributed by atoms with E-state index in [0.29, 0.717) is 24.5 Å². The molecule has 0 radical (unpaired) electrons. The molecule has 0 unspecified atom stereocenters. The van der Waals surface area contributed by atoms with Gasteiger partial charge in [0.2, 0.25) is 11.8 Å². The van der Waals surface area contributed by atoms with Crippen LogP contribution in [0, 0.1) is 0 Å². The molecule has 190 valence electrons. The van der Waals surface area contributed by atoms with Crippen molar-refractivity contribution in [3.63, 3.8) is 0 Å². The Morgan fingerprint density at radius 3 is 1.13 bits per heavy atom. The van der Waals surface area contributed by atoms with E-state index in [1.54, 1.807) is 0 Å². The topological polar surface area (TPSA) is 82.9 Å². The van der Waals surface area contributed by atoms with E-state index in [1.165, 1.54) is 0 Å². The number of carbonyl (C=O) groups is 2. The van der Waals surface area contributed by atoms with Gasteiger partial charge in [-0.15, -0.1) is 0 Å². The summed E-state index contributed by atoms with van der Waals surface area (Å²) in [6.07, 6.45) is 1.72. The highest BCUT2D eigenvalue weighted by Crippen LogP contribution is 2.14. The zero-order valence-electron chi connectivity index (χ0n) is 21.1. The number of nitrogens with zero attached hydrogens (tertiary/aromatic N) is 2. The quantitative estimate of drug-likeness (QED) is 0.159. The Hall–Kier alpha value is -4.84. The molecule has 0 aliphatic carbocycles. The zero-order valence-corrected chi connectivity index (χ0v) is 21.1. The smallest absolute Gasteiger partial charge is 0.225 e. The van der Waals surface area contributed by atoms with Gasteiger partial charge in [-0.25, -0.2) is 9.98 Å². The molecule has 0 aliphatic heterocycles. The monoisotopic (exact) mass is 502 g/mol. The minimum atomic E-state index is -0.139. The van der Waals surface area contributed by atoms with Crippen LogP contribution >= 0.6 is 0 Å². The highest BCUT2D eigenvalue weighted by Gasteiger charge is 2.11. The molecule has 0 fully saturated rings. The lowest BCUT2D eigenvalue weighted by molar-refractivity contribution is -0.121. The van der Waals surface area contributed by atoms with Gasteiger partial charge in [0.15, 0.2) is 0 Å². The number of rotatable bonds is 9. The molecule has 0 saturated carbocycles. The van der Waals surface area contributed by atoms with Gasteiger partial charge in [0.05, 0.1) is 11.4 Å². The maximum Gasteiger partial charge on any atom is 0.225 e. The van der Waals surface area contributed by atoms with Gasteiger partial charge < -0.3 is 10.6 Å². The molecule has 0 bridgehead atoms. The summed E-state index contributed by atoms with van der Waals surface area (Å²) in [7, 11) is 0. The third-order valence-corrected chi connectivity index (χ3v) is 5.66. The lowest BCUT2D eigenvalue weighted by Gasteiger charge is -2.11. The van der Waals surface area contributed by atoms with E-state index in [9.17, 15) is 9.59 Å². The summed E-state index contributed by atoms with van der Waals surface area (Å²) in [4.78, 5) is 34.7. The largest absolute Gasteiger partial charge is 0.310 e. The van der Waals surface area contributed by atoms with Crippen LogP contribution in [0.1, 0.15) is 36.8 Å². The number of hydrogen-bond acceptors (Lipinski definition) is 4. The van der Waals surface area contributed by atoms with E-state index in [1.807, 2.05) is 121 Å². The lowest BCUT2D eigenvalue weighted by atomic mass is 10.1. The number of amides is 2. The normalized spacial score (nSPS) is 11.6. The van der Waals surface area contributed by atoms with Crippen LogP contribution in [-0.2, 0) is 9.59 Å². The summed E-state index contributed by atoms with van der Waals surface area (Å²) in [5.41, 5.74) is 3.18. The Kier molecular flexibility index (Phi) is 9.69. The van der Waals surface area contributed by atoms with Gasteiger partial charge in [-0.2, -0.15) is 0 Å². The highest BCUT2D eigenvalue weighted by atomic mass is 16.2. The van der Waals surface area contributed by atoms with Gasteiger partial charge in [0.1, 0.15) is 11.7 Å². The van der Waals surface area contributed by atoms with E-state index < -0.39 is 0 Å². The zero-order chi connectivity index (χ0) is 26.4. The van der Waals surface area contributed by atoms with Gasteiger partial charge >= 0.3 is 0 Å². The summed E-state index contributed by atoms with van der Waals surface area (Å²) in [6.45, 7) is 0. The molecule has 4 aromatic rings. The maximum absolute atomic E-state index is 12.7. The summed E-state index contributed by atoms with van der Waals surface area (Å²) < 4.78 is 0. The van der Waals surface area contributed by atoms with Gasteiger partial charge in [-0.3, -0.25) is 9.59 Å². The van der Waals surface area contributed by atoms with Crippen LogP contribution in [-0.4, -0.2) is 23.5 Å². The Labute approximate surface area is 223 Å². The van der Waals surface area contributed by atoms with Crippen molar-refractivity contribution in [2.24, 2.45) is 9.98 Å². The summed E-state index contributed by atoms with van der Waals surface area (Å²) in [5, 5.41) is 5.88. The second kappa shape index (κ2) is 14.0. The fourth-order valence-corrected chi connectivity index (χ4v) is 3.74. The standard InChI is InChI=1S/C32H30N4O2/c37-29(35-31(25-15-5-1-6-16-25)33-27-19-9-3-10-20-27)23-13-14-24-30(38)36-32(26-17-7-2-8-18-26)34-28-21-11-4-12-22-28/h1-12,15-22H,13-14,23-24H2,(H,33,35,37)(H,34,36,38). The van der Waals surface area contributed by atoms with E-state index in [4.69, 9.17) is 0 Å². The molecule has 6 heteroatoms. The maximum atomic E-state index is 12.7. The minimum Gasteiger partial charge on any atom is -0.310 e. The second-order valence-corrected chi connectivity index (χ2v) is 8.63. The average molecular weight is 503 g/mol. The fraction of sp³-hybridized carbons (Fsp3) is 0.125. The van der Waals surface area contributed by atoms with Crippen LogP contribution in [0.25, 0.3) is 0 Å². The van der Waals surface area contributed by atoms with Gasteiger partial charge in [0.25, 0.3) is 0 Å². The molecule has 6 nitrogen and oxygen atoms in total. The number of para-hydroxylation sites is 2. The van der Waals surface area contributed by atoms with E-state index >= 15 is 0 Å². The third-order valence-electron chi connectivity index (χ3n) is 5.66. The summed E-state index contributed by atoms with van der Waals surface area (Å²) in [6, 6.07) is 38.1. The van der Waals surface area contributed by atoms with Crippen molar-refractivity contribution < 1.29 is 9.59 Å². The van der Waals surface area contributed by atoms with Crippen LogP contribution in [0.15, 0.2) is 131 Å². The molecule has 0 aromatic heterocycles. The first-order valence-corrected chi connectivity index (χ1v) is 12.7. The summed E-state index contributed by atoms with van der Waals surface area (Å²) >= 11 is 0. The molecular weight excluding hydrogens is 472 g/mol. The molecule has 0 aliphatic rings. The van der Waals surface area contributed by atoms with Crippen LogP contribution in [0.4, 0.5) is 11.4 Å². The highest BCUT2D eigenvalue weighted by molar-refractivity contribution is 6.09. The van der Waals surface area contributed by atoms with E-state index in [2.05, 4.69) is 20.6 Å². The molecular formula is C32H30N4O2. The minimum absolute atomic E-state index is 0.139. The van der Waals surface area contributed by atoms with Crippen molar-refractivity contribution in [1.82, 2.24) is 10.6 Å². The van der Waals surface area contributed by atoms with Gasteiger partial charge in [-0.05, 0) is 37.1 Å². The molecule has 0 atom stereocenters. The van der Waals surface area contributed by atoms with Crippen molar-refractivity contribution in [3.8, 4) is 0 Å². The molecule has 4 rings (SSSR count). The number of carbonyl (C=O) groups excluding carboxylic acids is 2. The molecule has 38 heavy (non-hydrogen) atoms. The first-order chi connectivity index (χ1) is 18.7. The number of aliphatic imine (C=N–C) groups is 2. The average Bonchev–Trinajstić information content (AvgIpc) is 2.97. The Bertz CT molecular complexity index is 1260. The molecule has 0 heterocycles. The summed E-state index contributed by atoms with van der Waals surface area (Å²) in [5.74, 6) is 0.729. The van der Waals surface area contributed by atoms with Crippen molar-refractivity contribution >= 4 is 34.9 Å².